The predicted molar refractivity (Wildman–Crippen MR) is 93.5 cm³/mol. The van der Waals surface area contributed by atoms with E-state index in [1.165, 1.54) is 11.6 Å². The van der Waals surface area contributed by atoms with Crippen LogP contribution in [0.25, 0.3) is 11.2 Å². The molecular weight excluding hydrogens is 308 g/mol. The number of nitrogens with one attached hydrogen (secondary N) is 1. The molecule has 1 N–H and O–H groups in total. The van der Waals surface area contributed by atoms with Gasteiger partial charge in [0.2, 0.25) is 5.95 Å². The van der Waals surface area contributed by atoms with E-state index in [4.69, 9.17) is 0 Å². The minimum Gasteiger partial charge on any atom is -0.306 e. The smallest absolute Gasteiger partial charge is 0.306 e. The summed E-state index contributed by atoms with van der Waals surface area (Å²) in [5.41, 5.74) is 4.49. The summed E-state index contributed by atoms with van der Waals surface area (Å²) in [5, 5.41) is 4.31. The summed E-state index contributed by atoms with van der Waals surface area (Å²) >= 11 is 0. The van der Waals surface area contributed by atoms with Crippen LogP contribution in [0.4, 0.5) is 5.95 Å². The number of hydrogen-bond donors (Lipinski definition) is 1. The third-order valence-electron chi connectivity index (χ3n) is 3.99. The molecule has 0 amide bonds. The second kappa shape index (κ2) is 5.80. The monoisotopic (exact) mass is 326 g/mol. The molecule has 3 rings (SSSR count). The first kappa shape index (κ1) is 15.7. The number of benzene rings is 1. The van der Waals surface area contributed by atoms with Crippen molar-refractivity contribution < 1.29 is 0 Å². The number of hydrazone groups is 1. The van der Waals surface area contributed by atoms with E-state index in [1.54, 1.807) is 18.7 Å². The van der Waals surface area contributed by atoms with Crippen molar-refractivity contribution in [3.8, 4) is 0 Å². The molecule has 24 heavy (non-hydrogen) atoms. The Balaban J connectivity index is 2.08. The predicted octanol–water partition coefficient (Wildman–Crippen LogP) is 0.807. The van der Waals surface area contributed by atoms with Crippen LogP contribution in [-0.2, 0) is 21.1 Å². The maximum Gasteiger partial charge on any atom is 0.332 e. The van der Waals surface area contributed by atoms with Gasteiger partial charge in [-0.2, -0.15) is 10.1 Å². The van der Waals surface area contributed by atoms with Crippen LogP contribution >= 0.6 is 0 Å². The Labute approximate surface area is 137 Å². The van der Waals surface area contributed by atoms with E-state index < -0.39 is 5.69 Å². The van der Waals surface area contributed by atoms with E-state index in [-0.39, 0.29) is 5.56 Å². The highest BCUT2D eigenvalue weighted by molar-refractivity contribution is 5.99. The van der Waals surface area contributed by atoms with Gasteiger partial charge in [0.1, 0.15) is 0 Å². The van der Waals surface area contributed by atoms with Gasteiger partial charge >= 0.3 is 5.69 Å². The molecule has 2 heterocycles. The van der Waals surface area contributed by atoms with Crippen molar-refractivity contribution in [2.45, 2.75) is 6.92 Å². The lowest BCUT2D eigenvalue weighted by atomic mass is 10.1. The van der Waals surface area contributed by atoms with Crippen molar-refractivity contribution in [1.82, 2.24) is 18.7 Å². The first-order valence-electron chi connectivity index (χ1n) is 7.40. The third-order valence-corrected chi connectivity index (χ3v) is 3.99. The van der Waals surface area contributed by atoms with Gasteiger partial charge in [-0.15, -0.1) is 0 Å². The minimum atomic E-state index is -0.416. The lowest BCUT2D eigenvalue weighted by molar-refractivity contribution is 0.705. The van der Waals surface area contributed by atoms with Gasteiger partial charge in [-0.1, -0.05) is 30.3 Å². The van der Waals surface area contributed by atoms with Crippen molar-refractivity contribution in [2.75, 3.05) is 5.43 Å². The van der Waals surface area contributed by atoms with Crippen molar-refractivity contribution in [3.05, 3.63) is 56.7 Å². The van der Waals surface area contributed by atoms with E-state index in [2.05, 4.69) is 15.5 Å². The van der Waals surface area contributed by atoms with Crippen LogP contribution in [0.2, 0.25) is 0 Å². The van der Waals surface area contributed by atoms with Gasteiger partial charge in [0, 0.05) is 21.1 Å². The first-order chi connectivity index (χ1) is 11.4. The largest absolute Gasteiger partial charge is 0.332 e. The third kappa shape index (κ3) is 2.41. The Morgan fingerprint density at radius 1 is 1.04 bits per heavy atom. The summed E-state index contributed by atoms with van der Waals surface area (Å²) in [4.78, 5) is 28.7. The van der Waals surface area contributed by atoms with Gasteiger partial charge < -0.3 is 4.57 Å². The highest BCUT2D eigenvalue weighted by atomic mass is 16.2. The van der Waals surface area contributed by atoms with Gasteiger partial charge in [-0.25, -0.2) is 10.2 Å². The second-order valence-corrected chi connectivity index (χ2v) is 5.55. The van der Waals surface area contributed by atoms with Crippen molar-refractivity contribution in [3.63, 3.8) is 0 Å². The molecule has 0 bridgehead atoms. The van der Waals surface area contributed by atoms with E-state index >= 15 is 0 Å². The number of nitrogens with zero attached hydrogens (tertiary/aromatic N) is 5. The van der Waals surface area contributed by atoms with Crippen molar-refractivity contribution >= 4 is 22.8 Å². The lowest BCUT2D eigenvalue weighted by Crippen LogP contribution is -2.37. The number of rotatable bonds is 3. The molecule has 0 spiro atoms. The SMILES string of the molecule is C/C(=N\Nc1nc2c(c(=O)n(C)c(=O)n2C)n1C)c1ccccc1. The molecule has 0 aliphatic heterocycles. The van der Waals surface area contributed by atoms with Crippen LogP contribution in [-0.4, -0.2) is 24.4 Å². The Morgan fingerprint density at radius 2 is 1.71 bits per heavy atom. The molecule has 0 radical (unpaired) electrons. The van der Waals surface area contributed by atoms with E-state index in [1.807, 2.05) is 37.3 Å². The molecule has 0 saturated heterocycles. The molecule has 1 aromatic carbocycles. The van der Waals surface area contributed by atoms with Crippen LogP contribution in [0.5, 0.6) is 0 Å². The summed E-state index contributed by atoms with van der Waals surface area (Å²) < 4.78 is 4.00. The number of fused-ring (bicyclic) bond motifs is 1. The van der Waals surface area contributed by atoms with Gasteiger partial charge in [-0.3, -0.25) is 13.9 Å². The number of hydrogen-bond acceptors (Lipinski definition) is 5. The zero-order valence-corrected chi connectivity index (χ0v) is 13.9. The Morgan fingerprint density at radius 3 is 2.38 bits per heavy atom. The van der Waals surface area contributed by atoms with Gasteiger partial charge in [-0.05, 0) is 12.5 Å². The normalized spacial score (nSPS) is 11.9. The maximum absolute atomic E-state index is 12.3. The van der Waals surface area contributed by atoms with Crippen LogP contribution in [0.1, 0.15) is 12.5 Å². The van der Waals surface area contributed by atoms with Gasteiger partial charge in [0.15, 0.2) is 11.2 Å². The summed E-state index contributed by atoms with van der Waals surface area (Å²) in [6.07, 6.45) is 0. The first-order valence-corrected chi connectivity index (χ1v) is 7.40. The molecule has 3 aromatic rings. The van der Waals surface area contributed by atoms with E-state index in [0.29, 0.717) is 17.1 Å². The van der Waals surface area contributed by atoms with Crippen LogP contribution in [0.15, 0.2) is 45.0 Å². The molecule has 0 unspecified atom stereocenters. The number of aryl methyl sites for hydroxylation is 2. The molecule has 0 aliphatic rings. The lowest BCUT2D eigenvalue weighted by Gasteiger charge is -2.04. The highest BCUT2D eigenvalue weighted by Gasteiger charge is 2.16. The Bertz CT molecular complexity index is 1060. The molecule has 2 aromatic heterocycles. The Hall–Kier alpha value is -3.16. The minimum absolute atomic E-state index is 0.320. The fourth-order valence-electron chi connectivity index (χ4n) is 2.50. The van der Waals surface area contributed by atoms with Crippen molar-refractivity contribution in [2.24, 2.45) is 26.2 Å². The van der Waals surface area contributed by atoms with Crippen LogP contribution < -0.4 is 16.7 Å². The standard InChI is InChI=1S/C16H18N6O2/c1-10(11-8-6-5-7-9-11)18-19-15-17-13-12(20(15)2)14(23)22(4)16(24)21(13)3/h5-9H,1-4H3,(H,17,19)/b18-10+. The number of anilines is 1. The van der Waals surface area contributed by atoms with Crippen molar-refractivity contribution in [1.29, 1.82) is 0 Å². The molecule has 0 saturated carbocycles. The molecule has 0 atom stereocenters. The van der Waals surface area contributed by atoms with Gasteiger partial charge in [0.05, 0.1) is 5.71 Å². The topological polar surface area (TPSA) is 86.2 Å². The summed E-state index contributed by atoms with van der Waals surface area (Å²) in [5.74, 6) is 0.388. The average Bonchev–Trinajstić information content (AvgIpc) is 2.93. The summed E-state index contributed by atoms with van der Waals surface area (Å²) in [7, 11) is 4.73. The average molecular weight is 326 g/mol. The van der Waals surface area contributed by atoms with Crippen LogP contribution in [0, 0.1) is 0 Å². The fourth-order valence-corrected chi connectivity index (χ4v) is 2.50. The molecule has 8 heteroatoms. The van der Waals surface area contributed by atoms with Gasteiger partial charge in [0.25, 0.3) is 5.56 Å². The molecule has 0 fully saturated rings. The molecule has 124 valence electrons. The highest BCUT2D eigenvalue weighted by Crippen LogP contribution is 2.13. The van der Waals surface area contributed by atoms with Crippen LogP contribution in [0.3, 0.4) is 0 Å². The molecule has 0 aliphatic carbocycles. The zero-order chi connectivity index (χ0) is 17.4. The molecular formula is C16H18N6O2. The summed E-state index contributed by atoms with van der Waals surface area (Å²) in [6.45, 7) is 1.87. The fraction of sp³-hybridized carbons (Fsp3) is 0.250. The summed E-state index contributed by atoms with van der Waals surface area (Å²) in [6, 6.07) is 9.71. The molecule has 8 nitrogen and oxygen atoms in total. The van der Waals surface area contributed by atoms with E-state index in [0.717, 1.165) is 15.8 Å². The van der Waals surface area contributed by atoms with E-state index in [9.17, 15) is 9.59 Å². The number of aromatic nitrogens is 4. The second-order valence-electron chi connectivity index (χ2n) is 5.55. The maximum atomic E-state index is 12.3. The number of imidazole rings is 1. The Kier molecular flexibility index (Phi) is 3.80. The zero-order valence-electron chi connectivity index (χ0n) is 13.9. The quantitative estimate of drug-likeness (QED) is 0.570.